The van der Waals surface area contributed by atoms with E-state index < -0.39 is 16.6 Å². The van der Waals surface area contributed by atoms with Gasteiger partial charge in [0.2, 0.25) is 0 Å². The van der Waals surface area contributed by atoms with E-state index in [9.17, 15) is 15.6 Å². The molecule has 6 nitrogen and oxygen atoms in total. The average molecular weight is 562 g/mol. The van der Waals surface area contributed by atoms with Crippen LogP contribution >= 0.6 is 0 Å². The van der Waals surface area contributed by atoms with Gasteiger partial charge in [0.25, 0.3) is 0 Å². The van der Waals surface area contributed by atoms with Crippen LogP contribution in [0, 0.1) is 51.1 Å². The van der Waals surface area contributed by atoms with Crippen molar-refractivity contribution in [3.8, 4) is 35.5 Å². The normalized spacial score (nSPS) is 14.9. The zero-order valence-corrected chi connectivity index (χ0v) is 25.9. The fraction of sp³-hybridized carbons (Fsp3) is 0.333. The molecule has 6 heteroatoms. The Morgan fingerprint density at radius 2 is 0.595 bits per heavy atom. The highest BCUT2D eigenvalue weighted by Crippen LogP contribution is 2.19. The van der Waals surface area contributed by atoms with E-state index in [1.54, 1.807) is 36.4 Å². The first kappa shape index (κ1) is 31.0. The minimum Gasteiger partial charge on any atom is -0.628 e. The number of benzene rings is 3. The minimum absolute atomic E-state index is 0.0125. The van der Waals surface area contributed by atoms with Crippen molar-refractivity contribution in [3.63, 3.8) is 0 Å². The van der Waals surface area contributed by atoms with Gasteiger partial charge in [-0.1, -0.05) is 35.5 Å². The molecule has 3 N–H and O–H groups in total. The molecule has 0 saturated carbocycles. The second kappa shape index (κ2) is 11.4. The number of nitrogens with one attached hydrogen (secondary N) is 3. The highest BCUT2D eigenvalue weighted by atomic mass is 16.5. The van der Waals surface area contributed by atoms with Crippen molar-refractivity contribution in [2.75, 3.05) is 0 Å². The zero-order chi connectivity index (χ0) is 31.0. The van der Waals surface area contributed by atoms with Gasteiger partial charge >= 0.3 is 0 Å². The maximum Gasteiger partial charge on any atom is 0.132 e. The van der Waals surface area contributed by atoms with Crippen LogP contribution in [0.2, 0.25) is 0 Å². The van der Waals surface area contributed by atoms with Crippen molar-refractivity contribution in [2.24, 2.45) is 0 Å². The molecule has 0 aliphatic heterocycles. The van der Waals surface area contributed by atoms with Crippen LogP contribution in [0.15, 0.2) is 54.6 Å². The molecule has 0 heterocycles. The van der Waals surface area contributed by atoms with Crippen molar-refractivity contribution in [1.29, 1.82) is 0 Å². The Morgan fingerprint density at radius 3 is 0.810 bits per heavy atom. The molecule has 3 unspecified atom stereocenters. The predicted octanol–water partition coefficient (Wildman–Crippen LogP) is 3.64. The molecule has 3 atom stereocenters. The zero-order valence-electron chi connectivity index (χ0n) is 25.9. The van der Waals surface area contributed by atoms with E-state index in [4.69, 9.17) is 0 Å². The van der Waals surface area contributed by atoms with Gasteiger partial charge < -0.3 is 30.8 Å². The van der Waals surface area contributed by atoms with Gasteiger partial charge in [-0.2, -0.15) is 0 Å². The topological polar surface area (TPSA) is 82.5 Å². The van der Waals surface area contributed by atoms with Crippen molar-refractivity contribution < 1.29 is 15.2 Å². The van der Waals surface area contributed by atoms with Gasteiger partial charge in [0.05, 0.1) is 16.6 Å². The van der Waals surface area contributed by atoms with E-state index in [0.717, 1.165) is 0 Å². The second-order valence-corrected chi connectivity index (χ2v) is 13.8. The third-order valence-electron chi connectivity index (χ3n) is 6.88. The standard InChI is InChI=1S/C36H39N3O3/c1-34(2,3)37(40)31-19-16-25-11-14-29-23-33(39(42)36(7,8)9)21-18-27(29)12-15-30-24-32(38(41)35(4,5)6)20-17-26(30)10-13-28(25)22-31/h16-24,37-39H,1-9H3. The van der Waals surface area contributed by atoms with Gasteiger partial charge in [-0.3, -0.25) is 0 Å². The fourth-order valence-corrected chi connectivity index (χ4v) is 4.40. The van der Waals surface area contributed by atoms with Gasteiger partial charge in [0, 0.05) is 69.8 Å². The van der Waals surface area contributed by atoms with Gasteiger partial charge in [-0.25, -0.2) is 0 Å². The van der Waals surface area contributed by atoms with Crippen LogP contribution in [0.4, 0.5) is 17.1 Å². The SMILES string of the molecule is CC(C)(C)[NH+]([O-])c1ccc2c(c1)C#Cc1ccc([NH+]([O-])C(C)(C)C)cc1C#Cc1ccc([NH+]([O-])C(C)(C)C)cc1C#C2. The summed E-state index contributed by atoms with van der Waals surface area (Å²) in [6.07, 6.45) is 0. The Hall–Kier alpha value is -3.90. The summed E-state index contributed by atoms with van der Waals surface area (Å²) in [5, 5.41) is 39.3. The molecular formula is C36H39N3O3. The Labute approximate surface area is 250 Å². The van der Waals surface area contributed by atoms with Crippen LogP contribution in [-0.2, 0) is 0 Å². The summed E-state index contributed by atoms with van der Waals surface area (Å²) in [6, 6.07) is 16.2. The maximum atomic E-state index is 13.1. The lowest BCUT2D eigenvalue weighted by molar-refractivity contribution is -0.832. The Morgan fingerprint density at radius 1 is 0.381 bits per heavy atom. The molecular weight excluding hydrogens is 522 g/mol. The quantitative estimate of drug-likeness (QED) is 0.264. The summed E-state index contributed by atoms with van der Waals surface area (Å²) < 4.78 is 0. The fourth-order valence-electron chi connectivity index (χ4n) is 4.40. The van der Waals surface area contributed by atoms with E-state index in [1.807, 2.05) is 80.5 Å². The summed E-state index contributed by atoms with van der Waals surface area (Å²) in [5.41, 5.74) is 3.91. The molecule has 0 radical (unpaired) electrons. The van der Waals surface area contributed by atoms with Crippen molar-refractivity contribution in [1.82, 2.24) is 0 Å². The molecule has 0 fully saturated rings. The number of hydroxylamine groups is 3. The lowest BCUT2D eigenvalue weighted by Gasteiger charge is -2.35. The van der Waals surface area contributed by atoms with E-state index in [1.165, 1.54) is 0 Å². The van der Waals surface area contributed by atoms with Crippen molar-refractivity contribution >= 4 is 17.1 Å². The first-order chi connectivity index (χ1) is 19.4. The molecule has 3 aromatic rings. The Bertz CT molecular complexity index is 1500. The Kier molecular flexibility index (Phi) is 8.43. The second-order valence-electron chi connectivity index (χ2n) is 13.8. The van der Waals surface area contributed by atoms with Crippen molar-refractivity contribution in [3.05, 3.63) is 104 Å². The number of rotatable bonds is 3. The van der Waals surface area contributed by atoms with E-state index in [0.29, 0.717) is 50.4 Å². The van der Waals surface area contributed by atoms with Crippen molar-refractivity contribution in [2.45, 2.75) is 78.9 Å². The molecule has 1 aliphatic carbocycles. The Balaban J connectivity index is 1.98. The first-order valence-electron chi connectivity index (χ1n) is 14.1. The molecule has 3 aromatic carbocycles. The molecule has 4 rings (SSSR count). The highest BCUT2D eigenvalue weighted by molar-refractivity contribution is 5.65. The molecule has 216 valence electrons. The van der Waals surface area contributed by atoms with Crippen LogP contribution in [0.5, 0.6) is 0 Å². The third kappa shape index (κ3) is 6.93. The van der Waals surface area contributed by atoms with Gasteiger partial charge in [0.15, 0.2) is 0 Å². The molecule has 1 aliphatic rings. The molecule has 0 amide bonds. The van der Waals surface area contributed by atoms with E-state index >= 15 is 0 Å². The van der Waals surface area contributed by atoms with Gasteiger partial charge in [-0.15, -0.1) is 0 Å². The van der Waals surface area contributed by atoms with Crippen LogP contribution in [0.1, 0.15) is 95.7 Å². The average Bonchev–Trinajstić information content (AvgIpc) is 2.91. The summed E-state index contributed by atoms with van der Waals surface area (Å²) in [5.74, 6) is 19.3. The number of hydrogen-bond donors (Lipinski definition) is 3. The number of quaternary nitrogens is 3. The molecule has 0 saturated heterocycles. The predicted molar refractivity (Wildman–Crippen MR) is 168 cm³/mol. The van der Waals surface area contributed by atoms with Gasteiger partial charge in [0.1, 0.15) is 17.1 Å². The first-order valence-corrected chi connectivity index (χ1v) is 14.1. The smallest absolute Gasteiger partial charge is 0.132 e. The highest BCUT2D eigenvalue weighted by Gasteiger charge is 2.23. The lowest BCUT2D eigenvalue weighted by atomic mass is 9.99. The lowest BCUT2D eigenvalue weighted by Crippen LogP contribution is -3.10. The third-order valence-corrected chi connectivity index (χ3v) is 6.88. The van der Waals surface area contributed by atoms with Crippen LogP contribution < -0.4 is 15.2 Å². The summed E-state index contributed by atoms with van der Waals surface area (Å²) in [7, 11) is 0. The van der Waals surface area contributed by atoms with Gasteiger partial charge in [-0.05, 0) is 80.5 Å². The summed E-state index contributed by atoms with van der Waals surface area (Å²) in [4.78, 5) is 0. The minimum atomic E-state index is -0.550. The molecule has 0 spiro atoms. The number of hydrogen-bond acceptors (Lipinski definition) is 3. The number of fused-ring (bicyclic) bond motifs is 3. The van der Waals surface area contributed by atoms with Crippen LogP contribution in [-0.4, -0.2) is 16.6 Å². The molecule has 42 heavy (non-hydrogen) atoms. The van der Waals surface area contributed by atoms with Crippen LogP contribution in [0.3, 0.4) is 0 Å². The summed E-state index contributed by atoms with van der Waals surface area (Å²) >= 11 is 0. The summed E-state index contributed by atoms with van der Waals surface area (Å²) in [6.45, 7) is 17.0. The van der Waals surface area contributed by atoms with E-state index in [2.05, 4.69) is 35.5 Å². The molecule has 0 aromatic heterocycles. The monoisotopic (exact) mass is 561 g/mol. The van der Waals surface area contributed by atoms with Crippen LogP contribution in [0.25, 0.3) is 0 Å². The largest absolute Gasteiger partial charge is 0.628 e. The van der Waals surface area contributed by atoms with E-state index in [-0.39, 0.29) is 15.2 Å². The maximum absolute atomic E-state index is 13.1. The molecule has 0 bridgehead atoms.